The van der Waals surface area contributed by atoms with E-state index in [0.29, 0.717) is 17.8 Å². The third-order valence-electron chi connectivity index (χ3n) is 3.72. The van der Waals surface area contributed by atoms with Gasteiger partial charge in [-0.15, -0.1) is 0 Å². The Morgan fingerprint density at radius 3 is 2.73 bits per heavy atom. The van der Waals surface area contributed by atoms with Crippen LogP contribution in [-0.2, 0) is 11.2 Å². The Morgan fingerprint density at radius 2 is 2.00 bits per heavy atom. The molecule has 5 heteroatoms. The van der Waals surface area contributed by atoms with Crippen LogP contribution < -0.4 is 10.2 Å². The quantitative estimate of drug-likeness (QED) is 0.894. The van der Waals surface area contributed by atoms with E-state index in [9.17, 15) is 14.7 Å². The molecule has 22 heavy (non-hydrogen) atoms. The molecular formula is C17H16N2O3. The van der Waals surface area contributed by atoms with Gasteiger partial charge in [-0.05, 0) is 42.3 Å². The number of hydrogen-bond acceptors (Lipinski definition) is 3. The van der Waals surface area contributed by atoms with E-state index in [1.54, 1.807) is 35.2 Å². The molecule has 0 unspecified atom stereocenters. The van der Waals surface area contributed by atoms with Crippen molar-refractivity contribution in [3.05, 3.63) is 53.6 Å². The van der Waals surface area contributed by atoms with Gasteiger partial charge < -0.3 is 15.3 Å². The smallest absolute Gasteiger partial charge is 0.255 e. The van der Waals surface area contributed by atoms with Crippen molar-refractivity contribution in [3.63, 3.8) is 0 Å². The Kier molecular flexibility index (Phi) is 3.55. The maximum absolute atomic E-state index is 12.3. The van der Waals surface area contributed by atoms with Gasteiger partial charge in [-0.2, -0.15) is 0 Å². The van der Waals surface area contributed by atoms with Crippen molar-refractivity contribution in [1.82, 2.24) is 0 Å². The standard InChI is InChI=1S/C17H16N2O3/c1-11(20)19-8-7-12-9-13(5-6-16(12)19)17(22)18-14-3-2-4-15(21)10-14/h2-6,9-10,21H,7-8H2,1H3,(H,18,22). The van der Waals surface area contributed by atoms with Crippen molar-refractivity contribution in [2.75, 3.05) is 16.8 Å². The third-order valence-corrected chi connectivity index (χ3v) is 3.72. The highest BCUT2D eigenvalue weighted by molar-refractivity contribution is 6.05. The van der Waals surface area contributed by atoms with Gasteiger partial charge in [0.15, 0.2) is 0 Å². The van der Waals surface area contributed by atoms with E-state index in [4.69, 9.17) is 0 Å². The number of phenols is 1. The molecular weight excluding hydrogens is 280 g/mol. The summed E-state index contributed by atoms with van der Waals surface area (Å²) in [5, 5.41) is 12.2. The van der Waals surface area contributed by atoms with E-state index in [-0.39, 0.29) is 17.6 Å². The van der Waals surface area contributed by atoms with Gasteiger partial charge in [0.25, 0.3) is 5.91 Å². The first kappa shape index (κ1) is 14.1. The van der Waals surface area contributed by atoms with Crippen LogP contribution in [0.1, 0.15) is 22.8 Å². The van der Waals surface area contributed by atoms with Crippen LogP contribution in [0.15, 0.2) is 42.5 Å². The van der Waals surface area contributed by atoms with Crippen molar-refractivity contribution < 1.29 is 14.7 Å². The minimum absolute atomic E-state index is 0.00992. The first-order valence-corrected chi connectivity index (χ1v) is 7.06. The van der Waals surface area contributed by atoms with E-state index in [1.165, 1.54) is 13.0 Å². The number of anilines is 2. The summed E-state index contributed by atoms with van der Waals surface area (Å²) in [7, 11) is 0. The number of benzene rings is 2. The summed E-state index contributed by atoms with van der Waals surface area (Å²) >= 11 is 0. The molecule has 0 aromatic heterocycles. The van der Waals surface area contributed by atoms with Crippen LogP contribution in [0.5, 0.6) is 5.75 Å². The SMILES string of the molecule is CC(=O)N1CCc2cc(C(=O)Nc3cccc(O)c3)ccc21. The van der Waals surface area contributed by atoms with Gasteiger partial charge in [0.2, 0.25) is 5.91 Å². The zero-order chi connectivity index (χ0) is 15.7. The molecule has 0 radical (unpaired) electrons. The first-order chi connectivity index (χ1) is 10.5. The molecule has 0 fully saturated rings. The average molecular weight is 296 g/mol. The van der Waals surface area contributed by atoms with Crippen molar-refractivity contribution >= 4 is 23.2 Å². The fourth-order valence-electron chi connectivity index (χ4n) is 2.66. The van der Waals surface area contributed by atoms with Gasteiger partial charge in [-0.1, -0.05) is 6.07 Å². The zero-order valence-electron chi connectivity index (χ0n) is 12.2. The molecule has 5 nitrogen and oxygen atoms in total. The van der Waals surface area contributed by atoms with Crippen molar-refractivity contribution in [2.24, 2.45) is 0 Å². The minimum Gasteiger partial charge on any atom is -0.508 e. The highest BCUT2D eigenvalue weighted by Gasteiger charge is 2.23. The van der Waals surface area contributed by atoms with Crippen LogP contribution in [0.2, 0.25) is 0 Å². The van der Waals surface area contributed by atoms with Crippen LogP contribution in [0.25, 0.3) is 0 Å². The molecule has 2 N–H and O–H groups in total. The number of nitrogens with one attached hydrogen (secondary N) is 1. The second-order valence-corrected chi connectivity index (χ2v) is 5.27. The summed E-state index contributed by atoms with van der Waals surface area (Å²) in [6.45, 7) is 2.19. The van der Waals surface area contributed by atoms with Crippen LogP contribution in [0, 0.1) is 0 Å². The maximum atomic E-state index is 12.3. The highest BCUT2D eigenvalue weighted by atomic mass is 16.3. The third kappa shape index (κ3) is 2.65. The Hall–Kier alpha value is -2.82. The van der Waals surface area contributed by atoms with Gasteiger partial charge in [0.1, 0.15) is 5.75 Å². The summed E-state index contributed by atoms with van der Waals surface area (Å²) in [4.78, 5) is 25.5. The summed E-state index contributed by atoms with van der Waals surface area (Å²) < 4.78 is 0. The normalized spacial score (nSPS) is 12.9. The Bertz CT molecular complexity index is 755. The number of carbonyl (C=O) groups excluding carboxylic acids is 2. The van der Waals surface area contributed by atoms with Crippen molar-refractivity contribution in [3.8, 4) is 5.75 Å². The monoisotopic (exact) mass is 296 g/mol. The van der Waals surface area contributed by atoms with Gasteiger partial charge >= 0.3 is 0 Å². The Morgan fingerprint density at radius 1 is 1.18 bits per heavy atom. The molecule has 1 aliphatic rings. The van der Waals surface area contributed by atoms with Gasteiger partial charge in [-0.3, -0.25) is 9.59 Å². The maximum Gasteiger partial charge on any atom is 0.255 e. The molecule has 0 aliphatic carbocycles. The van der Waals surface area contributed by atoms with E-state index in [0.717, 1.165) is 17.7 Å². The molecule has 0 atom stereocenters. The largest absolute Gasteiger partial charge is 0.508 e. The molecule has 1 aliphatic heterocycles. The van der Waals surface area contributed by atoms with Crippen LogP contribution in [-0.4, -0.2) is 23.5 Å². The number of hydrogen-bond donors (Lipinski definition) is 2. The molecule has 112 valence electrons. The lowest BCUT2D eigenvalue weighted by Crippen LogP contribution is -2.25. The topological polar surface area (TPSA) is 69.6 Å². The molecule has 2 amide bonds. The number of fused-ring (bicyclic) bond motifs is 1. The minimum atomic E-state index is -0.241. The number of nitrogens with zero attached hydrogens (tertiary/aromatic N) is 1. The number of phenolic OH excluding ortho intramolecular Hbond substituents is 1. The van der Waals surface area contributed by atoms with Crippen LogP contribution >= 0.6 is 0 Å². The Balaban J connectivity index is 1.81. The fraction of sp³-hybridized carbons (Fsp3) is 0.176. The fourth-order valence-corrected chi connectivity index (χ4v) is 2.66. The molecule has 0 spiro atoms. The molecule has 3 rings (SSSR count). The lowest BCUT2D eigenvalue weighted by atomic mass is 10.1. The zero-order valence-corrected chi connectivity index (χ0v) is 12.2. The number of rotatable bonds is 2. The molecule has 2 aromatic rings. The van der Waals surface area contributed by atoms with Crippen LogP contribution in [0.3, 0.4) is 0 Å². The number of aromatic hydroxyl groups is 1. The average Bonchev–Trinajstić information content (AvgIpc) is 2.90. The molecule has 2 aromatic carbocycles. The summed E-state index contributed by atoms with van der Waals surface area (Å²) in [6, 6.07) is 11.7. The second kappa shape index (κ2) is 5.52. The predicted octanol–water partition coefficient (Wildman–Crippen LogP) is 2.55. The van der Waals surface area contributed by atoms with Gasteiger partial charge in [0, 0.05) is 36.5 Å². The summed E-state index contributed by atoms with van der Waals surface area (Å²) in [5.74, 6) is -0.130. The van der Waals surface area contributed by atoms with E-state index in [2.05, 4.69) is 5.32 Å². The molecule has 0 saturated carbocycles. The summed E-state index contributed by atoms with van der Waals surface area (Å²) in [6.07, 6.45) is 0.752. The molecule has 0 bridgehead atoms. The van der Waals surface area contributed by atoms with Crippen molar-refractivity contribution in [2.45, 2.75) is 13.3 Å². The molecule has 1 heterocycles. The van der Waals surface area contributed by atoms with E-state index in [1.807, 2.05) is 6.07 Å². The number of carbonyl (C=O) groups is 2. The van der Waals surface area contributed by atoms with E-state index >= 15 is 0 Å². The van der Waals surface area contributed by atoms with Gasteiger partial charge in [-0.25, -0.2) is 0 Å². The number of amides is 2. The predicted molar refractivity (Wildman–Crippen MR) is 84.2 cm³/mol. The lowest BCUT2D eigenvalue weighted by Gasteiger charge is -2.14. The Labute approximate surface area is 128 Å². The van der Waals surface area contributed by atoms with Crippen LogP contribution in [0.4, 0.5) is 11.4 Å². The van der Waals surface area contributed by atoms with E-state index < -0.39 is 0 Å². The highest BCUT2D eigenvalue weighted by Crippen LogP contribution is 2.29. The summed E-state index contributed by atoms with van der Waals surface area (Å²) in [5.41, 5.74) is 2.95. The van der Waals surface area contributed by atoms with Crippen molar-refractivity contribution in [1.29, 1.82) is 0 Å². The lowest BCUT2D eigenvalue weighted by molar-refractivity contribution is -0.116. The van der Waals surface area contributed by atoms with Gasteiger partial charge in [0.05, 0.1) is 0 Å². The second-order valence-electron chi connectivity index (χ2n) is 5.27. The first-order valence-electron chi connectivity index (χ1n) is 7.06. The molecule has 0 saturated heterocycles.